The molecule has 0 aromatic heterocycles. The average molecular weight is 260 g/mol. The molecule has 1 saturated carbocycles. The molecule has 0 amide bonds. The molecule has 19 heavy (non-hydrogen) atoms. The van der Waals surface area contributed by atoms with Crippen molar-refractivity contribution >= 4 is 0 Å². The Morgan fingerprint density at radius 1 is 1.26 bits per heavy atom. The smallest absolute Gasteiger partial charge is 0.118 e. The van der Waals surface area contributed by atoms with Crippen LogP contribution >= 0.6 is 0 Å². The lowest BCUT2D eigenvalue weighted by Gasteiger charge is -2.36. The van der Waals surface area contributed by atoms with Crippen molar-refractivity contribution in [3.63, 3.8) is 0 Å². The van der Waals surface area contributed by atoms with E-state index in [9.17, 15) is 0 Å². The van der Waals surface area contributed by atoms with Crippen LogP contribution in [0.5, 0.6) is 5.75 Å². The zero-order valence-electron chi connectivity index (χ0n) is 11.9. The van der Waals surface area contributed by atoms with E-state index in [0.29, 0.717) is 6.04 Å². The number of hydrogen-bond donors (Lipinski definition) is 1. The summed E-state index contributed by atoms with van der Waals surface area (Å²) in [5.41, 5.74) is 7.66. The first-order chi connectivity index (χ1) is 9.19. The van der Waals surface area contributed by atoms with Crippen molar-refractivity contribution < 1.29 is 4.74 Å². The van der Waals surface area contributed by atoms with Crippen molar-refractivity contribution in [2.45, 2.75) is 44.3 Å². The van der Waals surface area contributed by atoms with Gasteiger partial charge in [-0.3, -0.25) is 4.90 Å². The van der Waals surface area contributed by atoms with Crippen molar-refractivity contribution in [1.82, 2.24) is 4.90 Å². The van der Waals surface area contributed by atoms with Crippen molar-refractivity contribution in [3.05, 3.63) is 29.8 Å². The first-order valence-corrected chi connectivity index (χ1v) is 7.34. The highest BCUT2D eigenvalue weighted by atomic mass is 16.5. The van der Waals surface area contributed by atoms with E-state index in [0.717, 1.165) is 17.7 Å². The number of likely N-dealkylation sites (tertiary alicyclic amines) is 1. The van der Waals surface area contributed by atoms with Gasteiger partial charge in [-0.15, -0.1) is 0 Å². The quantitative estimate of drug-likeness (QED) is 0.904. The third kappa shape index (κ3) is 2.37. The van der Waals surface area contributed by atoms with Crippen molar-refractivity contribution in [2.24, 2.45) is 11.7 Å². The minimum atomic E-state index is 0.0882. The van der Waals surface area contributed by atoms with E-state index in [1.165, 1.54) is 31.4 Å². The molecule has 2 bridgehead atoms. The first-order valence-electron chi connectivity index (χ1n) is 7.34. The number of hydrogen-bond acceptors (Lipinski definition) is 3. The highest BCUT2D eigenvalue weighted by molar-refractivity contribution is 5.29. The molecule has 1 heterocycles. The van der Waals surface area contributed by atoms with Crippen LogP contribution in [-0.4, -0.2) is 30.6 Å². The summed E-state index contributed by atoms with van der Waals surface area (Å²) >= 11 is 0. The molecule has 2 aliphatic rings. The maximum Gasteiger partial charge on any atom is 0.118 e. The number of ether oxygens (including phenoxy) is 1. The molecule has 1 aliphatic heterocycles. The van der Waals surface area contributed by atoms with Gasteiger partial charge in [-0.2, -0.15) is 0 Å². The summed E-state index contributed by atoms with van der Waals surface area (Å²) in [7, 11) is 1.69. The lowest BCUT2D eigenvalue weighted by molar-refractivity contribution is 0.140. The maximum absolute atomic E-state index is 6.46. The molecule has 4 unspecified atom stereocenters. The third-order valence-electron chi connectivity index (χ3n) is 5.00. The van der Waals surface area contributed by atoms with Gasteiger partial charge < -0.3 is 10.5 Å². The molecule has 3 heteroatoms. The fourth-order valence-corrected chi connectivity index (χ4v) is 3.77. The van der Waals surface area contributed by atoms with E-state index in [2.05, 4.69) is 24.0 Å². The molecule has 4 atom stereocenters. The second kappa shape index (κ2) is 5.14. The Morgan fingerprint density at radius 2 is 2.00 bits per heavy atom. The Kier molecular flexibility index (Phi) is 3.50. The van der Waals surface area contributed by atoms with E-state index >= 15 is 0 Å². The van der Waals surface area contributed by atoms with Crippen LogP contribution in [-0.2, 0) is 0 Å². The van der Waals surface area contributed by atoms with Gasteiger partial charge in [0.2, 0.25) is 0 Å². The third-order valence-corrected chi connectivity index (χ3v) is 5.00. The molecule has 1 aromatic rings. The van der Waals surface area contributed by atoms with Crippen molar-refractivity contribution in [1.29, 1.82) is 0 Å². The molecular formula is C16H24N2O. The minimum absolute atomic E-state index is 0.0882. The Bertz CT molecular complexity index is 431. The number of methoxy groups -OCH3 is 1. The van der Waals surface area contributed by atoms with Gasteiger partial charge in [0.1, 0.15) is 5.75 Å². The van der Waals surface area contributed by atoms with Crippen LogP contribution in [0.15, 0.2) is 24.3 Å². The Labute approximate surface area is 115 Å². The van der Waals surface area contributed by atoms with E-state index < -0.39 is 0 Å². The normalized spacial score (nSPS) is 29.4. The van der Waals surface area contributed by atoms with Gasteiger partial charge in [-0.05, 0) is 49.8 Å². The minimum Gasteiger partial charge on any atom is -0.497 e. The lowest BCUT2D eigenvalue weighted by Crippen LogP contribution is -2.45. The second-order valence-electron chi connectivity index (χ2n) is 6.07. The van der Waals surface area contributed by atoms with Crippen molar-refractivity contribution in [3.8, 4) is 5.75 Å². The predicted molar refractivity (Wildman–Crippen MR) is 77.2 cm³/mol. The first kappa shape index (κ1) is 12.9. The largest absolute Gasteiger partial charge is 0.497 e. The summed E-state index contributed by atoms with van der Waals surface area (Å²) in [6, 6.07) is 9.47. The highest BCUT2D eigenvalue weighted by Crippen LogP contribution is 2.40. The molecular weight excluding hydrogens is 236 g/mol. The van der Waals surface area contributed by atoms with E-state index in [1.54, 1.807) is 7.11 Å². The molecule has 0 spiro atoms. The molecule has 104 valence electrons. The second-order valence-corrected chi connectivity index (χ2v) is 6.07. The summed E-state index contributed by atoms with van der Waals surface area (Å²) in [5.74, 6) is 1.82. The molecule has 1 aliphatic carbocycles. The zero-order chi connectivity index (χ0) is 13.4. The summed E-state index contributed by atoms with van der Waals surface area (Å²) in [6.07, 6.45) is 4.18. The molecule has 3 nitrogen and oxygen atoms in total. The van der Waals surface area contributed by atoms with Crippen molar-refractivity contribution in [2.75, 3.05) is 13.7 Å². The molecule has 0 radical (unpaired) electrons. The van der Waals surface area contributed by atoms with E-state index in [1.807, 2.05) is 12.1 Å². The number of rotatable bonds is 4. The number of nitrogens with zero attached hydrogens (tertiary/aromatic N) is 1. The molecule has 3 rings (SSSR count). The predicted octanol–water partition coefficient (Wildman–Crippen LogP) is 2.57. The number of nitrogens with two attached hydrogens (primary N) is 1. The van der Waals surface area contributed by atoms with Crippen LogP contribution in [0.3, 0.4) is 0 Å². The van der Waals surface area contributed by atoms with Gasteiger partial charge in [0, 0.05) is 24.7 Å². The summed E-state index contributed by atoms with van der Waals surface area (Å²) in [6.45, 7) is 3.52. The van der Waals surface area contributed by atoms with E-state index in [-0.39, 0.29) is 6.04 Å². The average Bonchev–Trinajstić information content (AvgIpc) is 3.08. The van der Waals surface area contributed by atoms with Crippen LogP contribution in [0.25, 0.3) is 0 Å². The monoisotopic (exact) mass is 260 g/mol. The molecule has 1 aromatic carbocycles. The zero-order valence-corrected chi connectivity index (χ0v) is 11.9. The molecule has 2 N–H and O–H groups in total. The fraction of sp³-hybridized carbons (Fsp3) is 0.625. The van der Waals surface area contributed by atoms with Gasteiger partial charge in [0.25, 0.3) is 0 Å². The van der Waals surface area contributed by atoms with Gasteiger partial charge in [-0.1, -0.05) is 12.1 Å². The fourth-order valence-electron chi connectivity index (χ4n) is 3.77. The topological polar surface area (TPSA) is 38.5 Å². The standard InChI is InChI=1S/C16H24N2O/c1-11(18-10-12-3-6-14(18)9-12)16(17)13-4-7-15(19-2)8-5-13/h4-5,7-8,11-12,14,16H,3,6,9-10,17H2,1-2H3. The molecule has 1 saturated heterocycles. The Morgan fingerprint density at radius 3 is 2.53 bits per heavy atom. The van der Waals surface area contributed by atoms with Crippen LogP contribution in [0.2, 0.25) is 0 Å². The highest BCUT2D eigenvalue weighted by Gasteiger charge is 2.41. The SMILES string of the molecule is COc1ccc(C(N)C(C)N2CC3CCC2C3)cc1. The number of piperidine rings is 1. The number of fused-ring (bicyclic) bond motifs is 2. The molecule has 2 fully saturated rings. The van der Waals surface area contributed by atoms with Gasteiger partial charge >= 0.3 is 0 Å². The van der Waals surface area contributed by atoms with Crippen LogP contribution in [0.1, 0.15) is 37.8 Å². The Hall–Kier alpha value is -1.06. The number of benzene rings is 1. The summed E-state index contributed by atoms with van der Waals surface area (Å²) < 4.78 is 5.20. The maximum atomic E-state index is 6.46. The van der Waals surface area contributed by atoms with Gasteiger partial charge in [0.05, 0.1) is 7.11 Å². The van der Waals surface area contributed by atoms with Gasteiger partial charge in [0.15, 0.2) is 0 Å². The van der Waals surface area contributed by atoms with Crippen LogP contribution < -0.4 is 10.5 Å². The van der Waals surface area contributed by atoms with Crippen LogP contribution in [0, 0.1) is 5.92 Å². The van der Waals surface area contributed by atoms with Gasteiger partial charge in [-0.25, -0.2) is 0 Å². The summed E-state index contributed by atoms with van der Waals surface area (Å²) in [4.78, 5) is 2.63. The van der Waals surface area contributed by atoms with Crippen LogP contribution in [0.4, 0.5) is 0 Å². The summed E-state index contributed by atoms with van der Waals surface area (Å²) in [5, 5.41) is 0. The van der Waals surface area contributed by atoms with E-state index in [4.69, 9.17) is 10.5 Å². The Balaban J connectivity index is 1.70. The lowest BCUT2D eigenvalue weighted by atomic mass is 9.98.